The number of ether oxygens (including phenoxy) is 4. The molecule has 1 saturated heterocycles. The fourth-order valence-corrected chi connectivity index (χ4v) is 4.01. The van der Waals surface area contributed by atoms with Crippen LogP contribution in [0.4, 0.5) is 0 Å². The van der Waals surface area contributed by atoms with Gasteiger partial charge in [-0.2, -0.15) is 5.10 Å². The van der Waals surface area contributed by atoms with Gasteiger partial charge in [0.15, 0.2) is 11.5 Å². The molecule has 1 aromatic heterocycles. The number of aryl methyl sites for hydroxylation is 1. The number of rotatable bonds is 10. The van der Waals surface area contributed by atoms with Crippen LogP contribution in [0.2, 0.25) is 0 Å². The van der Waals surface area contributed by atoms with E-state index < -0.39 is 5.60 Å². The molecule has 2 aromatic carbocycles. The van der Waals surface area contributed by atoms with Gasteiger partial charge in [0.25, 0.3) is 0 Å². The second-order valence-corrected chi connectivity index (χ2v) is 8.70. The van der Waals surface area contributed by atoms with Crippen LogP contribution >= 0.6 is 0 Å². The molecule has 3 aromatic rings. The lowest BCUT2D eigenvalue weighted by Gasteiger charge is -2.30. The zero-order valence-corrected chi connectivity index (χ0v) is 19.9. The summed E-state index contributed by atoms with van der Waals surface area (Å²) in [5.74, 6) is 2.12. The van der Waals surface area contributed by atoms with Crippen LogP contribution in [0.5, 0.6) is 17.2 Å². The molecular weight excluding hydrogens is 434 g/mol. The molecule has 8 heteroatoms. The van der Waals surface area contributed by atoms with Crippen molar-refractivity contribution in [3.8, 4) is 17.2 Å². The maximum absolute atomic E-state index is 11.2. The predicted molar refractivity (Wildman–Crippen MR) is 128 cm³/mol. The highest BCUT2D eigenvalue weighted by Gasteiger charge is 2.33. The summed E-state index contributed by atoms with van der Waals surface area (Å²) in [5, 5.41) is 15.4. The van der Waals surface area contributed by atoms with E-state index in [2.05, 4.69) is 10.00 Å². The highest BCUT2D eigenvalue weighted by atomic mass is 16.5. The number of hydrogen-bond donors (Lipinski definition) is 1. The smallest absolute Gasteiger partial charge is 0.161 e. The molecule has 1 N–H and O–H groups in total. The molecule has 0 saturated carbocycles. The average Bonchev–Trinajstić information content (AvgIpc) is 3.28. The Balaban J connectivity index is 1.35. The Bertz CT molecular complexity index is 1040. The second-order valence-electron chi connectivity index (χ2n) is 8.70. The highest BCUT2D eigenvalue weighted by Crippen LogP contribution is 2.29. The third-order valence-corrected chi connectivity index (χ3v) is 5.71. The first kappa shape index (κ1) is 24.1. The van der Waals surface area contributed by atoms with E-state index in [-0.39, 0.29) is 13.2 Å². The van der Waals surface area contributed by atoms with Gasteiger partial charge < -0.3 is 24.1 Å². The van der Waals surface area contributed by atoms with Crippen molar-refractivity contribution in [3.05, 3.63) is 72.1 Å². The Morgan fingerprint density at radius 2 is 2.03 bits per heavy atom. The maximum atomic E-state index is 11.2. The zero-order valence-electron chi connectivity index (χ0n) is 19.9. The Morgan fingerprint density at radius 3 is 2.82 bits per heavy atom. The van der Waals surface area contributed by atoms with Crippen LogP contribution < -0.4 is 14.2 Å². The van der Waals surface area contributed by atoms with E-state index in [1.165, 1.54) is 0 Å². The van der Waals surface area contributed by atoms with Crippen LogP contribution in [-0.2, 0) is 17.8 Å². The number of benzene rings is 2. The van der Waals surface area contributed by atoms with Gasteiger partial charge in [-0.05, 0) is 48.4 Å². The first-order valence-corrected chi connectivity index (χ1v) is 11.5. The summed E-state index contributed by atoms with van der Waals surface area (Å²) in [6.07, 6.45) is 3.65. The van der Waals surface area contributed by atoms with Crippen molar-refractivity contribution in [1.82, 2.24) is 14.7 Å². The van der Waals surface area contributed by atoms with Crippen LogP contribution in [0.15, 0.2) is 60.9 Å². The molecule has 2 heterocycles. The Hall–Kier alpha value is -3.07. The number of aromatic nitrogens is 2. The molecule has 0 amide bonds. The molecule has 182 valence electrons. The van der Waals surface area contributed by atoms with Crippen LogP contribution in [0.25, 0.3) is 0 Å². The van der Waals surface area contributed by atoms with E-state index in [4.69, 9.17) is 18.9 Å². The minimum atomic E-state index is -1.10. The van der Waals surface area contributed by atoms with Crippen LogP contribution in [0, 0.1) is 6.92 Å². The second kappa shape index (κ2) is 11.4. The fourth-order valence-electron chi connectivity index (χ4n) is 4.01. The summed E-state index contributed by atoms with van der Waals surface area (Å²) in [5.41, 5.74) is 1.09. The van der Waals surface area contributed by atoms with Crippen molar-refractivity contribution in [2.24, 2.45) is 0 Å². The normalized spacial score (nSPS) is 18.9. The molecule has 0 unspecified atom stereocenters. The van der Waals surface area contributed by atoms with Crippen molar-refractivity contribution < 1.29 is 24.1 Å². The van der Waals surface area contributed by atoms with E-state index in [0.29, 0.717) is 44.3 Å². The first-order valence-electron chi connectivity index (χ1n) is 11.5. The number of hydrogen-bond acceptors (Lipinski definition) is 7. The largest absolute Gasteiger partial charge is 0.493 e. The van der Waals surface area contributed by atoms with Gasteiger partial charge in [-0.3, -0.25) is 9.58 Å². The minimum absolute atomic E-state index is 0.166. The predicted octanol–water partition coefficient (Wildman–Crippen LogP) is 2.92. The lowest BCUT2D eigenvalue weighted by Crippen LogP contribution is -2.48. The molecule has 4 rings (SSSR count). The third-order valence-electron chi connectivity index (χ3n) is 5.71. The molecule has 0 spiro atoms. The zero-order chi connectivity index (χ0) is 23.8. The fraction of sp³-hybridized carbons (Fsp3) is 0.423. The van der Waals surface area contributed by atoms with Gasteiger partial charge in [0.2, 0.25) is 0 Å². The van der Waals surface area contributed by atoms with Crippen molar-refractivity contribution in [3.63, 3.8) is 0 Å². The third kappa shape index (κ3) is 6.72. The van der Waals surface area contributed by atoms with Gasteiger partial charge in [0.1, 0.15) is 24.6 Å². The molecule has 1 atom stereocenters. The molecule has 8 nitrogen and oxygen atoms in total. The molecule has 1 aliphatic heterocycles. The van der Waals surface area contributed by atoms with Gasteiger partial charge in [-0.25, -0.2) is 0 Å². The molecule has 1 aliphatic rings. The SMILES string of the molecule is COc1cc(CN2CCOC[C@](O)(COc3cccc(C)c3)C2)ccc1OCCn1cccn1. The molecule has 0 bridgehead atoms. The monoisotopic (exact) mass is 467 g/mol. The van der Waals surface area contributed by atoms with Crippen molar-refractivity contribution in [1.29, 1.82) is 0 Å². The number of β-amino-alcohol motifs (C(OH)–C–C–N with tert-alkyl or cyclic N) is 1. The average molecular weight is 468 g/mol. The summed E-state index contributed by atoms with van der Waals surface area (Å²) >= 11 is 0. The van der Waals surface area contributed by atoms with Crippen molar-refractivity contribution >= 4 is 0 Å². The van der Waals surface area contributed by atoms with Crippen LogP contribution in [0.3, 0.4) is 0 Å². The summed E-state index contributed by atoms with van der Waals surface area (Å²) in [7, 11) is 1.64. The Kier molecular flexibility index (Phi) is 8.05. The Labute approximate surface area is 200 Å². The molecule has 0 aliphatic carbocycles. The molecular formula is C26H33N3O5. The van der Waals surface area contributed by atoms with Crippen molar-refractivity contribution in [2.45, 2.75) is 25.6 Å². The van der Waals surface area contributed by atoms with Crippen molar-refractivity contribution in [2.75, 3.05) is 46.6 Å². The summed E-state index contributed by atoms with van der Waals surface area (Å²) in [4.78, 5) is 2.18. The van der Waals surface area contributed by atoms with Gasteiger partial charge in [-0.1, -0.05) is 18.2 Å². The summed E-state index contributed by atoms with van der Waals surface area (Å²) in [6.45, 7) is 5.95. The molecule has 34 heavy (non-hydrogen) atoms. The number of methoxy groups -OCH3 is 1. The Morgan fingerprint density at radius 1 is 1.12 bits per heavy atom. The number of nitrogens with zero attached hydrogens (tertiary/aromatic N) is 3. The quantitative estimate of drug-likeness (QED) is 0.491. The lowest BCUT2D eigenvalue weighted by molar-refractivity contribution is -0.0646. The van der Waals surface area contributed by atoms with E-state index in [9.17, 15) is 5.11 Å². The summed E-state index contributed by atoms with van der Waals surface area (Å²) < 4.78 is 24.9. The van der Waals surface area contributed by atoms with Gasteiger partial charge in [0, 0.05) is 32.0 Å². The molecule has 0 radical (unpaired) electrons. The topological polar surface area (TPSA) is 78.2 Å². The first-order chi connectivity index (χ1) is 16.5. The lowest BCUT2D eigenvalue weighted by atomic mass is 10.1. The van der Waals surface area contributed by atoms with E-state index in [0.717, 1.165) is 23.4 Å². The van der Waals surface area contributed by atoms with E-state index in [1.807, 2.05) is 66.3 Å². The highest BCUT2D eigenvalue weighted by molar-refractivity contribution is 5.43. The number of aliphatic hydroxyl groups is 1. The van der Waals surface area contributed by atoms with E-state index >= 15 is 0 Å². The van der Waals surface area contributed by atoms with Gasteiger partial charge in [-0.15, -0.1) is 0 Å². The maximum Gasteiger partial charge on any atom is 0.161 e. The van der Waals surface area contributed by atoms with Gasteiger partial charge in [0.05, 0.1) is 26.9 Å². The van der Waals surface area contributed by atoms with Crippen LogP contribution in [0.1, 0.15) is 11.1 Å². The summed E-state index contributed by atoms with van der Waals surface area (Å²) in [6, 6.07) is 15.7. The standard InChI is InChI=1S/C26H33N3O5/c1-21-5-3-6-23(15-21)34-20-26(30)18-28(11-13-32-19-26)17-22-7-8-24(25(16-22)31-2)33-14-12-29-10-4-9-27-29/h3-10,15-16,30H,11-14,17-20H2,1-2H3/t26-/m0/s1. The minimum Gasteiger partial charge on any atom is -0.493 e. The molecule has 1 fully saturated rings. The van der Waals surface area contributed by atoms with Crippen LogP contribution in [-0.4, -0.2) is 72.0 Å². The van der Waals surface area contributed by atoms with E-state index in [1.54, 1.807) is 13.3 Å². The van der Waals surface area contributed by atoms with Gasteiger partial charge >= 0.3 is 0 Å².